The van der Waals surface area contributed by atoms with E-state index in [0.29, 0.717) is 12.1 Å². The Balaban J connectivity index is 1.86. The van der Waals surface area contributed by atoms with E-state index in [0.717, 1.165) is 5.01 Å². The molecular weight excluding hydrogens is 316 g/mol. The molecule has 0 radical (unpaired) electrons. The summed E-state index contributed by atoms with van der Waals surface area (Å²) < 4.78 is 0. The summed E-state index contributed by atoms with van der Waals surface area (Å²) in [6, 6.07) is 6.00. The number of carbonyl (C=O) groups is 1. The summed E-state index contributed by atoms with van der Waals surface area (Å²) in [5, 5.41) is 16.4. The number of carbonyl (C=O) groups excluding carboxylic acids is 1. The highest BCUT2D eigenvalue weighted by Crippen LogP contribution is 2.18. The second-order valence-electron chi connectivity index (χ2n) is 5.24. The molecule has 0 unspecified atom stereocenters. The molecule has 0 aliphatic carbocycles. The Hall–Kier alpha value is -2.48. The molecule has 1 N–H and O–H groups in total. The van der Waals surface area contributed by atoms with Gasteiger partial charge in [-0.3, -0.25) is 10.1 Å². The zero-order valence-electron chi connectivity index (χ0n) is 12.9. The van der Waals surface area contributed by atoms with Crippen LogP contribution in [0, 0.1) is 10.1 Å². The van der Waals surface area contributed by atoms with Gasteiger partial charge in [0.25, 0.3) is 5.69 Å². The van der Waals surface area contributed by atoms with Crippen LogP contribution in [-0.2, 0) is 6.54 Å². The highest BCUT2D eigenvalue weighted by Gasteiger charge is 2.15. The Labute approximate surface area is 138 Å². The van der Waals surface area contributed by atoms with Crippen molar-refractivity contribution in [1.29, 1.82) is 0 Å². The lowest BCUT2D eigenvalue weighted by Gasteiger charge is -2.21. The number of non-ortho nitro benzene ring substituents is 1. The predicted octanol–water partition coefficient (Wildman–Crippen LogP) is 3.00. The lowest BCUT2D eigenvalue weighted by Crippen LogP contribution is -2.38. The number of hydrogen-bond donors (Lipinski definition) is 1. The second-order valence-corrected chi connectivity index (χ2v) is 6.16. The first-order valence-electron chi connectivity index (χ1n) is 7.09. The van der Waals surface area contributed by atoms with Crippen molar-refractivity contribution in [2.45, 2.75) is 19.4 Å². The second kappa shape index (κ2) is 7.68. The normalized spacial score (nSPS) is 11.7. The van der Waals surface area contributed by atoms with Crippen molar-refractivity contribution in [3.05, 3.63) is 56.5 Å². The SMILES string of the molecule is C[C@@H](CN(C)C(=O)NCc1cccc([N+](=O)[O-])c1)c1nccs1. The molecule has 23 heavy (non-hydrogen) atoms. The Morgan fingerprint density at radius 3 is 2.96 bits per heavy atom. The molecular formula is C15H18N4O3S. The van der Waals surface area contributed by atoms with Crippen LogP contribution in [0.25, 0.3) is 0 Å². The van der Waals surface area contributed by atoms with E-state index in [4.69, 9.17) is 0 Å². The summed E-state index contributed by atoms with van der Waals surface area (Å²) in [6.07, 6.45) is 1.75. The summed E-state index contributed by atoms with van der Waals surface area (Å²) in [5.74, 6) is 0.156. The molecule has 0 fully saturated rings. The average molecular weight is 334 g/mol. The van der Waals surface area contributed by atoms with Crippen molar-refractivity contribution in [3.8, 4) is 0 Å². The third-order valence-electron chi connectivity index (χ3n) is 3.33. The van der Waals surface area contributed by atoms with E-state index < -0.39 is 4.92 Å². The number of thiazole rings is 1. The molecule has 8 heteroatoms. The third-order valence-corrected chi connectivity index (χ3v) is 4.34. The molecule has 0 spiro atoms. The fourth-order valence-corrected chi connectivity index (χ4v) is 2.83. The van der Waals surface area contributed by atoms with Gasteiger partial charge in [-0.15, -0.1) is 11.3 Å². The van der Waals surface area contributed by atoms with Gasteiger partial charge in [0, 0.05) is 49.8 Å². The number of aromatic nitrogens is 1. The molecule has 0 bridgehead atoms. The van der Waals surface area contributed by atoms with Gasteiger partial charge in [0.05, 0.1) is 9.93 Å². The van der Waals surface area contributed by atoms with Crippen LogP contribution in [0.2, 0.25) is 0 Å². The number of benzene rings is 1. The molecule has 2 rings (SSSR count). The fraction of sp³-hybridized carbons (Fsp3) is 0.333. The van der Waals surface area contributed by atoms with Crippen molar-refractivity contribution in [2.24, 2.45) is 0 Å². The van der Waals surface area contributed by atoms with E-state index in [9.17, 15) is 14.9 Å². The van der Waals surface area contributed by atoms with E-state index in [1.807, 2.05) is 12.3 Å². The zero-order chi connectivity index (χ0) is 16.8. The lowest BCUT2D eigenvalue weighted by molar-refractivity contribution is -0.384. The van der Waals surface area contributed by atoms with Gasteiger partial charge in [-0.25, -0.2) is 9.78 Å². The molecule has 122 valence electrons. The minimum Gasteiger partial charge on any atom is -0.334 e. The molecule has 1 heterocycles. The zero-order valence-corrected chi connectivity index (χ0v) is 13.7. The van der Waals surface area contributed by atoms with Crippen LogP contribution >= 0.6 is 11.3 Å². The topological polar surface area (TPSA) is 88.4 Å². The third kappa shape index (κ3) is 4.75. The summed E-state index contributed by atoms with van der Waals surface area (Å²) in [6.45, 7) is 2.81. The number of nitrogens with zero attached hydrogens (tertiary/aromatic N) is 3. The average Bonchev–Trinajstić information content (AvgIpc) is 3.07. The number of urea groups is 1. The van der Waals surface area contributed by atoms with E-state index in [-0.39, 0.29) is 24.2 Å². The Bertz CT molecular complexity index is 675. The quantitative estimate of drug-likeness (QED) is 0.649. The van der Waals surface area contributed by atoms with Crippen molar-refractivity contribution >= 4 is 23.1 Å². The molecule has 1 aromatic carbocycles. The maximum Gasteiger partial charge on any atom is 0.317 e. The number of nitro benzene ring substituents is 1. The fourth-order valence-electron chi connectivity index (χ4n) is 2.14. The highest BCUT2D eigenvalue weighted by atomic mass is 32.1. The van der Waals surface area contributed by atoms with Crippen molar-refractivity contribution in [1.82, 2.24) is 15.2 Å². The predicted molar refractivity (Wildman–Crippen MR) is 88.5 cm³/mol. The van der Waals surface area contributed by atoms with E-state index in [2.05, 4.69) is 10.3 Å². The highest BCUT2D eigenvalue weighted by molar-refractivity contribution is 7.09. The molecule has 0 aliphatic rings. The number of hydrogen-bond acceptors (Lipinski definition) is 5. The standard InChI is InChI=1S/C15H18N4O3S/c1-11(14-16-6-7-23-14)10-18(2)15(20)17-9-12-4-3-5-13(8-12)19(21)22/h3-8,11H,9-10H2,1-2H3,(H,17,20)/t11-/m0/s1. The van der Waals surface area contributed by atoms with Gasteiger partial charge in [0.2, 0.25) is 0 Å². The maximum atomic E-state index is 12.1. The first kappa shape index (κ1) is 16.9. The van der Waals surface area contributed by atoms with Gasteiger partial charge < -0.3 is 10.2 Å². The van der Waals surface area contributed by atoms with Gasteiger partial charge in [0.1, 0.15) is 0 Å². The summed E-state index contributed by atoms with van der Waals surface area (Å²) >= 11 is 1.57. The van der Waals surface area contributed by atoms with Crippen LogP contribution in [-0.4, -0.2) is 34.4 Å². The Morgan fingerprint density at radius 2 is 2.30 bits per heavy atom. The van der Waals surface area contributed by atoms with Gasteiger partial charge in [-0.1, -0.05) is 19.1 Å². The number of nitrogens with one attached hydrogen (secondary N) is 1. The van der Waals surface area contributed by atoms with E-state index in [1.54, 1.807) is 41.6 Å². The van der Waals surface area contributed by atoms with Crippen LogP contribution in [0.5, 0.6) is 0 Å². The molecule has 0 saturated carbocycles. The van der Waals surface area contributed by atoms with Gasteiger partial charge in [-0.05, 0) is 5.56 Å². The van der Waals surface area contributed by atoms with Gasteiger partial charge >= 0.3 is 6.03 Å². The first-order valence-corrected chi connectivity index (χ1v) is 7.97. The van der Waals surface area contributed by atoms with Gasteiger partial charge in [-0.2, -0.15) is 0 Å². The van der Waals surface area contributed by atoms with Crippen LogP contribution in [0.4, 0.5) is 10.5 Å². The molecule has 2 amide bonds. The smallest absolute Gasteiger partial charge is 0.317 e. The first-order chi connectivity index (χ1) is 11.0. The minimum atomic E-state index is -0.451. The minimum absolute atomic E-state index is 0.0162. The number of amides is 2. The maximum absolute atomic E-state index is 12.1. The van der Waals surface area contributed by atoms with Crippen molar-refractivity contribution in [2.75, 3.05) is 13.6 Å². The van der Waals surface area contributed by atoms with Crippen LogP contribution in [0.15, 0.2) is 35.8 Å². The van der Waals surface area contributed by atoms with Crippen molar-refractivity contribution < 1.29 is 9.72 Å². The number of rotatable bonds is 6. The number of likely N-dealkylation sites (N-methyl/N-ethyl adjacent to an activating group) is 1. The molecule has 0 aliphatic heterocycles. The van der Waals surface area contributed by atoms with Gasteiger partial charge in [0.15, 0.2) is 0 Å². The Kier molecular flexibility index (Phi) is 5.64. The van der Waals surface area contributed by atoms with Crippen LogP contribution < -0.4 is 5.32 Å². The largest absolute Gasteiger partial charge is 0.334 e. The molecule has 2 aromatic rings. The molecule has 0 saturated heterocycles. The molecule has 1 atom stereocenters. The summed E-state index contributed by atoms with van der Waals surface area (Å²) in [5.41, 5.74) is 0.705. The lowest BCUT2D eigenvalue weighted by atomic mass is 10.2. The molecule has 1 aromatic heterocycles. The van der Waals surface area contributed by atoms with E-state index in [1.165, 1.54) is 12.1 Å². The monoisotopic (exact) mass is 334 g/mol. The molecule has 7 nitrogen and oxygen atoms in total. The summed E-state index contributed by atoms with van der Waals surface area (Å²) in [7, 11) is 1.72. The Morgan fingerprint density at radius 1 is 1.52 bits per heavy atom. The van der Waals surface area contributed by atoms with E-state index >= 15 is 0 Å². The number of nitro groups is 1. The van der Waals surface area contributed by atoms with Crippen molar-refractivity contribution in [3.63, 3.8) is 0 Å². The summed E-state index contributed by atoms with van der Waals surface area (Å²) in [4.78, 5) is 28.2. The van der Waals surface area contributed by atoms with Crippen LogP contribution in [0.3, 0.4) is 0 Å². The van der Waals surface area contributed by atoms with Crippen LogP contribution in [0.1, 0.15) is 23.4 Å².